The van der Waals surface area contributed by atoms with Gasteiger partial charge in [0.1, 0.15) is 5.82 Å². The van der Waals surface area contributed by atoms with Crippen molar-refractivity contribution in [2.24, 2.45) is 5.73 Å². The second-order valence-electron chi connectivity index (χ2n) is 4.50. The van der Waals surface area contributed by atoms with E-state index in [1.54, 1.807) is 6.92 Å². The summed E-state index contributed by atoms with van der Waals surface area (Å²) in [6, 6.07) is 3.52. The van der Waals surface area contributed by atoms with Crippen LogP contribution in [0, 0.1) is 17.7 Å². The van der Waals surface area contributed by atoms with E-state index in [1.165, 1.54) is 10.4 Å². The Hall–Kier alpha value is -1.42. The Morgan fingerprint density at radius 3 is 2.62 bits per heavy atom. The van der Waals surface area contributed by atoms with Crippen LogP contribution in [-0.4, -0.2) is 32.4 Å². The molecule has 0 radical (unpaired) electrons. The molecule has 1 rings (SSSR count). The summed E-state index contributed by atoms with van der Waals surface area (Å²) >= 11 is 0. The van der Waals surface area contributed by atoms with Crippen molar-refractivity contribution < 1.29 is 12.8 Å². The van der Waals surface area contributed by atoms with Crippen LogP contribution < -0.4 is 5.73 Å². The van der Waals surface area contributed by atoms with E-state index in [2.05, 4.69) is 11.8 Å². The number of sulfonamides is 1. The zero-order valence-corrected chi connectivity index (χ0v) is 13.2. The molecule has 0 fully saturated rings. The van der Waals surface area contributed by atoms with E-state index in [4.69, 9.17) is 5.73 Å². The molecule has 0 bridgehead atoms. The van der Waals surface area contributed by atoms with Gasteiger partial charge in [0.05, 0.1) is 11.4 Å². The maximum atomic E-state index is 13.3. The number of benzene rings is 1. The Morgan fingerprint density at radius 2 is 2.05 bits per heavy atom. The molecule has 0 spiro atoms. The molecule has 116 valence electrons. The van der Waals surface area contributed by atoms with Crippen LogP contribution in [0.2, 0.25) is 0 Å². The normalized spacial score (nSPS) is 11.3. The molecule has 1 aromatic rings. The van der Waals surface area contributed by atoms with E-state index in [0.29, 0.717) is 13.1 Å². The lowest BCUT2D eigenvalue weighted by molar-refractivity contribution is 0.418. The van der Waals surface area contributed by atoms with Gasteiger partial charge in [-0.2, -0.15) is 4.31 Å². The summed E-state index contributed by atoms with van der Waals surface area (Å²) in [4.78, 5) is 0.0304. The fourth-order valence-corrected chi connectivity index (χ4v) is 3.51. The van der Waals surface area contributed by atoms with E-state index in [-0.39, 0.29) is 17.0 Å². The summed E-state index contributed by atoms with van der Waals surface area (Å²) in [5, 5.41) is 0. The first kappa shape index (κ1) is 17.6. The van der Waals surface area contributed by atoms with Gasteiger partial charge in [0, 0.05) is 18.7 Å². The average Bonchev–Trinajstić information content (AvgIpc) is 2.45. The smallest absolute Gasteiger partial charge is 0.244 e. The van der Waals surface area contributed by atoms with Gasteiger partial charge in [-0.15, -0.1) is 0 Å². The molecule has 0 atom stereocenters. The van der Waals surface area contributed by atoms with Gasteiger partial charge in [0.15, 0.2) is 0 Å². The van der Waals surface area contributed by atoms with Crippen molar-refractivity contribution in [2.45, 2.75) is 31.6 Å². The fourth-order valence-electron chi connectivity index (χ4n) is 1.89. The molecule has 6 heteroatoms. The van der Waals surface area contributed by atoms with E-state index < -0.39 is 15.8 Å². The van der Waals surface area contributed by atoms with Crippen LogP contribution in [0.15, 0.2) is 23.1 Å². The van der Waals surface area contributed by atoms with Crippen LogP contribution in [0.25, 0.3) is 0 Å². The molecule has 0 unspecified atom stereocenters. The lowest BCUT2D eigenvalue weighted by Crippen LogP contribution is -2.32. The van der Waals surface area contributed by atoms with Gasteiger partial charge >= 0.3 is 0 Å². The number of nitrogens with zero attached hydrogens (tertiary/aromatic N) is 1. The lowest BCUT2D eigenvalue weighted by atomic mass is 10.2. The highest BCUT2D eigenvalue weighted by molar-refractivity contribution is 7.89. The predicted molar refractivity (Wildman–Crippen MR) is 81.7 cm³/mol. The van der Waals surface area contributed by atoms with Crippen LogP contribution in [0.4, 0.5) is 4.39 Å². The van der Waals surface area contributed by atoms with Crippen molar-refractivity contribution in [1.82, 2.24) is 4.31 Å². The number of nitrogens with two attached hydrogens (primary N) is 1. The molecule has 0 saturated carbocycles. The van der Waals surface area contributed by atoms with Gasteiger partial charge < -0.3 is 5.73 Å². The minimum atomic E-state index is -3.68. The van der Waals surface area contributed by atoms with Crippen LogP contribution in [0.1, 0.15) is 32.3 Å². The van der Waals surface area contributed by atoms with Crippen molar-refractivity contribution in [3.63, 3.8) is 0 Å². The lowest BCUT2D eigenvalue weighted by Gasteiger charge is -2.21. The molecule has 2 N–H and O–H groups in total. The summed E-state index contributed by atoms with van der Waals surface area (Å²) in [6.45, 7) is 4.67. The molecule has 0 aromatic heterocycles. The minimum Gasteiger partial charge on any atom is -0.320 e. The number of rotatable bonds is 6. The summed E-state index contributed by atoms with van der Waals surface area (Å²) in [6.07, 6.45) is 1.67. The van der Waals surface area contributed by atoms with Gasteiger partial charge in [-0.1, -0.05) is 32.1 Å². The van der Waals surface area contributed by atoms with E-state index >= 15 is 0 Å². The van der Waals surface area contributed by atoms with Crippen LogP contribution >= 0.6 is 0 Å². The highest BCUT2D eigenvalue weighted by Crippen LogP contribution is 2.21. The SMILES string of the molecule is CCCCN(CC)S(=O)(=O)c1ccc(F)cc1C#CCN. The Balaban J connectivity index is 3.29. The van der Waals surface area contributed by atoms with Crippen LogP contribution in [0.5, 0.6) is 0 Å². The quantitative estimate of drug-likeness (QED) is 0.817. The van der Waals surface area contributed by atoms with Gasteiger partial charge in [0.2, 0.25) is 10.0 Å². The molecule has 0 aliphatic heterocycles. The van der Waals surface area contributed by atoms with E-state index in [9.17, 15) is 12.8 Å². The summed E-state index contributed by atoms with van der Waals surface area (Å²) in [7, 11) is -3.68. The van der Waals surface area contributed by atoms with Gasteiger partial charge in [-0.3, -0.25) is 0 Å². The summed E-state index contributed by atoms with van der Waals surface area (Å²) in [5.41, 5.74) is 5.45. The van der Waals surface area contributed by atoms with Crippen LogP contribution in [0.3, 0.4) is 0 Å². The zero-order valence-electron chi connectivity index (χ0n) is 12.4. The Labute approximate surface area is 126 Å². The van der Waals surface area contributed by atoms with Crippen molar-refractivity contribution >= 4 is 10.0 Å². The highest BCUT2D eigenvalue weighted by atomic mass is 32.2. The molecule has 0 saturated heterocycles. The minimum absolute atomic E-state index is 0.0304. The standard InChI is InChI=1S/C15H21FN2O2S/c1-3-5-11-18(4-2)21(19,20)15-9-8-14(16)12-13(15)7-6-10-17/h8-9,12H,3-5,10-11,17H2,1-2H3. The van der Waals surface area contributed by atoms with Crippen molar-refractivity contribution in [3.8, 4) is 11.8 Å². The highest BCUT2D eigenvalue weighted by Gasteiger charge is 2.25. The fraction of sp³-hybridized carbons (Fsp3) is 0.467. The second kappa shape index (κ2) is 8.13. The molecule has 4 nitrogen and oxygen atoms in total. The van der Waals surface area contributed by atoms with Crippen molar-refractivity contribution in [2.75, 3.05) is 19.6 Å². The third kappa shape index (κ3) is 4.53. The molecule has 0 amide bonds. The largest absolute Gasteiger partial charge is 0.320 e. The Morgan fingerprint density at radius 1 is 1.33 bits per heavy atom. The summed E-state index contributed by atoms with van der Waals surface area (Å²) < 4.78 is 40.1. The predicted octanol–water partition coefficient (Wildman–Crippen LogP) is 1.95. The third-order valence-corrected chi connectivity index (χ3v) is 5.03. The number of halogens is 1. The van der Waals surface area contributed by atoms with Crippen molar-refractivity contribution in [3.05, 3.63) is 29.6 Å². The van der Waals surface area contributed by atoms with Crippen molar-refractivity contribution in [1.29, 1.82) is 0 Å². The molecule has 0 aliphatic rings. The molecule has 21 heavy (non-hydrogen) atoms. The molecule has 0 heterocycles. The summed E-state index contributed by atoms with van der Waals surface area (Å²) in [5.74, 6) is 4.69. The maximum Gasteiger partial charge on any atom is 0.244 e. The van der Waals surface area contributed by atoms with Gasteiger partial charge in [-0.25, -0.2) is 12.8 Å². The monoisotopic (exact) mass is 312 g/mol. The zero-order chi connectivity index (χ0) is 15.9. The van der Waals surface area contributed by atoms with Gasteiger partial charge in [-0.05, 0) is 24.6 Å². The molecular formula is C15H21FN2O2S. The third-order valence-electron chi connectivity index (χ3n) is 3.00. The second-order valence-corrected chi connectivity index (χ2v) is 6.40. The molecule has 1 aromatic carbocycles. The average molecular weight is 312 g/mol. The topological polar surface area (TPSA) is 63.4 Å². The first-order valence-corrected chi connectivity index (χ1v) is 8.40. The first-order chi connectivity index (χ1) is 9.97. The Bertz CT molecular complexity index is 633. The number of hydrogen-bond acceptors (Lipinski definition) is 3. The van der Waals surface area contributed by atoms with Gasteiger partial charge in [0.25, 0.3) is 0 Å². The Kier molecular flexibility index (Phi) is 6.82. The molecule has 0 aliphatic carbocycles. The maximum absolute atomic E-state index is 13.3. The first-order valence-electron chi connectivity index (χ1n) is 6.96. The van der Waals surface area contributed by atoms with E-state index in [0.717, 1.165) is 25.0 Å². The van der Waals surface area contributed by atoms with E-state index in [1.807, 2.05) is 6.92 Å². The number of unbranched alkanes of at least 4 members (excludes halogenated alkanes) is 1. The molecular weight excluding hydrogens is 291 g/mol. The number of hydrogen-bond donors (Lipinski definition) is 1. The van der Waals surface area contributed by atoms with Crippen LogP contribution in [-0.2, 0) is 10.0 Å².